The van der Waals surface area contributed by atoms with E-state index in [0.717, 1.165) is 4.47 Å². The molecular formula is C28H22BBr. The molecule has 0 aliphatic rings. The minimum Gasteiger partial charge on any atom is -0.0675 e. The smallest absolute Gasteiger partial charge is 0.0675 e. The van der Waals surface area contributed by atoms with Gasteiger partial charge < -0.3 is 0 Å². The highest BCUT2D eigenvalue weighted by Gasteiger charge is 2.28. The molecular weight excluding hydrogens is 427 g/mol. The van der Waals surface area contributed by atoms with Crippen LogP contribution in [0.1, 0.15) is 11.1 Å². The Morgan fingerprint density at radius 2 is 1.10 bits per heavy atom. The van der Waals surface area contributed by atoms with E-state index in [1.54, 1.807) is 0 Å². The molecule has 0 amide bonds. The Bertz CT molecular complexity index is 1300. The van der Waals surface area contributed by atoms with Crippen molar-refractivity contribution in [2.45, 2.75) is 13.8 Å². The van der Waals surface area contributed by atoms with Gasteiger partial charge in [0.25, 0.3) is 0 Å². The van der Waals surface area contributed by atoms with Crippen LogP contribution in [0.3, 0.4) is 0 Å². The maximum Gasteiger partial charge on any atom is 0.243 e. The summed E-state index contributed by atoms with van der Waals surface area (Å²) in [5.41, 5.74) is 6.75. The van der Waals surface area contributed by atoms with Gasteiger partial charge >= 0.3 is 0 Å². The van der Waals surface area contributed by atoms with Crippen molar-refractivity contribution in [1.82, 2.24) is 0 Å². The van der Waals surface area contributed by atoms with Gasteiger partial charge in [-0.25, -0.2) is 0 Å². The summed E-state index contributed by atoms with van der Waals surface area (Å²) in [6, 6.07) is 35.3. The van der Waals surface area contributed by atoms with Crippen LogP contribution in [0.4, 0.5) is 0 Å². The van der Waals surface area contributed by atoms with E-state index in [1.165, 1.54) is 49.1 Å². The molecule has 0 aliphatic heterocycles. The van der Waals surface area contributed by atoms with E-state index in [2.05, 4.69) is 127 Å². The first kappa shape index (κ1) is 19.1. The third-order valence-corrected chi connectivity index (χ3v) is 6.63. The summed E-state index contributed by atoms with van der Waals surface area (Å²) >= 11 is 3.71. The molecule has 5 aromatic rings. The molecule has 0 spiro atoms. The summed E-state index contributed by atoms with van der Waals surface area (Å²) in [5, 5.41) is 5.23. The average molecular weight is 449 g/mol. The summed E-state index contributed by atoms with van der Waals surface area (Å²) < 4.78 is 1.11. The van der Waals surface area contributed by atoms with E-state index in [0.29, 0.717) is 0 Å². The quantitative estimate of drug-likeness (QED) is 0.302. The van der Waals surface area contributed by atoms with Gasteiger partial charge in [-0.3, -0.25) is 0 Å². The molecule has 5 rings (SSSR count). The Labute approximate surface area is 186 Å². The number of halogens is 1. The lowest BCUT2D eigenvalue weighted by Crippen LogP contribution is -2.54. The minimum absolute atomic E-state index is 0.152. The van der Waals surface area contributed by atoms with Gasteiger partial charge in [-0.2, -0.15) is 0 Å². The molecule has 5 aromatic carbocycles. The second kappa shape index (κ2) is 7.77. The average Bonchev–Trinajstić information content (AvgIpc) is 2.77. The van der Waals surface area contributed by atoms with Crippen LogP contribution in [0.25, 0.3) is 21.5 Å². The van der Waals surface area contributed by atoms with Gasteiger partial charge in [-0.05, 0) is 41.5 Å². The minimum atomic E-state index is 0.152. The number of rotatable bonds is 3. The Hall–Kier alpha value is -2.84. The molecule has 0 unspecified atom stereocenters. The zero-order chi connectivity index (χ0) is 20.7. The number of hydrogen-bond donors (Lipinski definition) is 0. The predicted octanol–water partition coefficient (Wildman–Crippen LogP) is 5.89. The van der Waals surface area contributed by atoms with Crippen molar-refractivity contribution in [3.05, 3.63) is 113 Å². The number of hydrogen-bond acceptors (Lipinski definition) is 0. The molecule has 144 valence electrons. The van der Waals surface area contributed by atoms with E-state index >= 15 is 0 Å². The molecule has 0 N–H and O–H groups in total. The van der Waals surface area contributed by atoms with Gasteiger partial charge in [-0.1, -0.05) is 134 Å². The molecule has 0 radical (unpaired) electrons. The number of benzene rings is 5. The van der Waals surface area contributed by atoms with Gasteiger partial charge in [0.05, 0.1) is 0 Å². The van der Waals surface area contributed by atoms with Crippen molar-refractivity contribution in [3.8, 4) is 0 Å². The zero-order valence-corrected chi connectivity index (χ0v) is 18.8. The summed E-state index contributed by atoms with van der Waals surface area (Å²) in [5.74, 6) is 0. The molecule has 2 heteroatoms. The highest BCUT2D eigenvalue weighted by Crippen LogP contribution is 2.19. The van der Waals surface area contributed by atoms with Crippen molar-refractivity contribution in [2.75, 3.05) is 0 Å². The fraction of sp³-hybridized carbons (Fsp3) is 0.0714. The summed E-state index contributed by atoms with van der Waals surface area (Å²) in [6.07, 6.45) is 0. The van der Waals surface area contributed by atoms with Crippen LogP contribution in [0, 0.1) is 13.8 Å². The first-order valence-corrected chi connectivity index (χ1v) is 11.1. The van der Waals surface area contributed by atoms with Crippen LogP contribution in [0.2, 0.25) is 0 Å². The number of fused-ring (bicyclic) bond motifs is 2. The van der Waals surface area contributed by atoms with Gasteiger partial charge in [-0.15, -0.1) is 0 Å². The third-order valence-electron chi connectivity index (χ3n) is 6.14. The third kappa shape index (κ3) is 3.26. The highest BCUT2D eigenvalue weighted by atomic mass is 79.9. The first-order chi connectivity index (χ1) is 14.6. The van der Waals surface area contributed by atoms with Gasteiger partial charge in [0, 0.05) is 4.47 Å². The van der Waals surface area contributed by atoms with E-state index in [4.69, 9.17) is 0 Å². The summed E-state index contributed by atoms with van der Waals surface area (Å²) in [6.45, 7) is 4.64. The van der Waals surface area contributed by atoms with E-state index in [9.17, 15) is 0 Å². The second-order valence-electron chi connectivity index (χ2n) is 8.02. The molecule has 0 aromatic heterocycles. The zero-order valence-electron chi connectivity index (χ0n) is 17.2. The molecule has 0 bridgehead atoms. The summed E-state index contributed by atoms with van der Waals surface area (Å²) in [7, 11) is 0. The SMILES string of the molecule is Cc1ccc2ccccc2c1B(c1cccc(Br)c1)c1c(C)ccc2ccccc12. The van der Waals surface area contributed by atoms with Crippen molar-refractivity contribution < 1.29 is 0 Å². The molecule has 30 heavy (non-hydrogen) atoms. The maximum atomic E-state index is 3.71. The molecule has 0 aliphatic carbocycles. The molecule has 0 atom stereocenters. The fourth-order valence-electron chi connectivity index (χ4n) is 4.74. The molecule has 0 fully saturated rings. The van der Waals surface area contributed by atoms with Crippen molar-refractivity contribution >= 4 is 60.6 Å². The van der Waals surface area contributed by atoms with Crippen molar-refractivity contribution in [2.24, 2.45) is 0 Å². The Kier molecular flexibility index (Phi) is 4.96. The van der Waals surface area contributed by atoms with E-state index < -0.39 is 0 Å². The fourth-order valence-corrected chi connectivity index (χ4v) is 5.16. The molecule has 0 nitrogen and oxygen atoms in total. The Balaban J connectivity index is 1.93. The van der Waals surface area contributed by atoms with E-state index in [1.807, 2.05) is 0 Å². The maximum absolute atomic E-state index is 3.71. The lowest BCUT2D eigenvalue weighted by Gasteiger charge is -2.23. The lowest BCUT2D eigenvalue weighted by molar-refractivity contribution is 1.52. The Morgan fingerprint density at radius 1 is 0.567 bits per heavy atom. The van der Waals surface area contributed by atoms with Crippen molar-refractivity contribution in [1.29, 1.82) is 0 Å². The largest absolute Gasteiger partial charge is 0.243 e. The predicted molar refractivity (Wildman–Crippen MR) is 136 cm³/mol. The van der Waals surface area contributed by atoms with Crippen LogP contribution >= 0.6 is 15.9 Å². The van der Waals surface area contributed by atoms with E-state index in [-0.39, 0.29) is 6.71 Å². The van der Waals surface area contributed by atoms with Gasteiger partial charge in [0.15, 0.2) is 0 Å². The monoisotopic (exact) mass is 448 g/mol. The van der Waals surface area contributed by atoms with Crippen LogP contribution in [-0.2, 0) is 0 Å². The van der Waals surface area contributed by atoms with Crippen LogP contribution < -0.4 is 16.4 Å². The first-order valence-electron chi connectivity index (χ1n) is 10.4. The second-order valence-corrected chi connectivity index (χ2v) is 8.94. The molecule has 0 saturated heterocycles. The lowest BCUT2D eigenvalue weighted by atomic mass is 9.34. The molecule has 0 heterocycles. The highest BCUT2D eigenvalue weighted by molar-refractivity contribution is 9.10. The standard InChI is InChI=1S/C28H22BBr/c1-19-14-16-21-8-3-5-12-25(21)27(19)29(23-10-7-11-24(30)18-23)28-20(2)15-17-22-9-4-6-13-26(22)28/h3-18H,1-2H3. The van der Waals surface area contributed by atoms with Crippen molar-refractivity contribution in [3.63, 3.8) is 0 Å². The van der Waals surface area contributed by atoms with Gasteiger partial charge in [0.2, 0.25) is 6.71 Å². The van der Waals surface area contributed by atoms with Crippen LogP contribution in [0.5, 0.6) is 0 Å². The normalized spacial score (nSPS) is 11.2. The topological polar surface area (TPSA) is 0 Å². The summed E-state index contributed by atoms with van der Waals surface area (Å²) in [4.78, 5) is 0. The number of aryl methyl sites for hydroxylation is 2. The molecule has 0 saturated carbocycles. The van der Waals surface area contributed by atoms with Crippen LogP contribution in [0.15, 0.2) is 102 Å². The van der Waals surface area contributed by atoms with Gasteiger partial charge in [0.1, 0.15) is 0 Å². The van der Waals surface area contributed by atoms with Crippen LogP contribution in [-0.4, -0.2) is 6.71 Å². The Morgan fingerprint density at radius 3 is 1.63 bits per heavy atom.